The molecule has 98 valence electrons. The lowest BCUT2D eigenvalue weighted by molar-refractivity contribution is -0.309. The van der Waals surface area contributed by atoms with Crippen LogP contribution in [0.1, 0.15) is 20.3 Å². The number of carbonyl (C=O) groups is 1. The highest BCUT2D eigenvalue weighted by Crippen LogP contribution is 2.32. The van der Waals surface area contributed by atoms with E-state index >= 15 is 0 Å². The summed E-state index contributed by atoms with van der Waals surface area (Å²) < 4.78 is 21.3. The molecule has 0 spiro atoms. The van der Waals surface area contributed by atoms with Gasteiger partial charge in [-0.15, -0.1) is 0 Å². The fourth-order valence-corrected chi connectivity index (χ4v) is 2.10. The number of carbonyl (C=O) groups excluding carboxylic acids is 1. The van der Waals surface area contributed by atoms with Crippen LogP contribution in [-0.4, -0.2) is 55.0 Å². The summed E-state index contributed by atoms with van der Waals surface area (Å²) in [5, 5.41) is 9.67. The smallest absolute Gasteiger partial charge is 0.311 e. The molecule has 0 aromatic heterocycles. The van der Waals surface area contributed by atoms with Crippen LogP contribution in [0.25, 0.3) is 0 Å². The van der Waals surface area contributed by atoms with Crippen LogP contribution in [0, 0.1) is 0 Å². The van der Waals surface area contributed by atoms with Gasteiger partial charge in [0.05, 0.1) is 26.2 Å². The van der Waals surface area contributed by atoms with Gasteiger partial charge >= 0.3 is 5.97 Å². The molecule has 0 amide bonds. The molecule has 1 N–H and O–H groups in total. The predicted molar refractivity (Wildman–Crippen MR) is 56.2 cm³/mol. The van der Waals surface area contributed by atoms with Gasteiger partial charge in [-0.2, -0.15) is 0 Å². The minimum Gasteiger partial charge on any atom is -0.466 e. The van der Waals surface area contributed by atoms with Crippen molar-refractivity contribution in [1.29, 1.82) is 0 Å². The number of esters is 1. The first-order valence-electron chi connectivity index (χ1n) is 5.81. The monoisotopic (exact) mass is 246 g/mol. The summed E-state index contributed by atoms with van der Waals surface area (Å²) in [4.78, 5) is 11.4. The van der Waals surface area contributed by atoms with Crippen molar-refractivity contribution in [3.05, 3.63) is 0 Å². The highest BCUT2D eigenvalue weighted by molar-refractivity contribution is 5.70. The van der Waals surface area contributed by atoms with Gasteiger partial charge in [0, 0.05) is 0 Å². The van der Waals surface area contributed by atoms with Crippen molar-refractivity contribution in [1.82, 2.24) is 0 Å². The number of hydrogen-bond acceptors (Lipinski definition) is 6. The largest absolute Gasteiger partial charge is 0.466 e. The van der Waals surface area contributed by atoms with Crippen LogP contribution in [0.3, 0.4) is 0 Å². The lowest BCUT2D eigenvalue weighted by atomic mass is 10.1. The second-order valence-electron chi connectivity index (χ2n) is 4.45. The third-order valence-electron chi connectivity index (χ3n) is 2.94. The summed E-state index contributed by atoms with van der Waals surface area (Å²) >= 11 is 0. The second-order valence-corrected chi connectivity index (χ2v) is 4.45. The van der Waals surface area contributed by atoms with Crippen LogP contribution in [0.4, 0.5) is 0 Å². The Labute approximate surface area is 99.8 Å². The van der Waals surface area contributed by atoms with Crippen LogP contribution in [-0.2, 0) is 23.7 Å². The summed E-state index contributed by atoms with van der Waals surface area (Å²) in [7, 11) is 0. The number of aliphatic hydroxyl groups is 1. The van der Waals surface area contributed by atoms with Crippen LogP contribution in [0.2, 0.25) is 0 Å². The molecule has 0 aromatic carbocycles. The second kappa shape index (κ2) is 4.89. The molecule has 0 radical (unpaired) electrons. The molecular weight excluding hydrogens is 228 g/mol. The van der Waals surface area contributed by atoms with E-state index in [1.165, 1.54) is 0 Å². The average molecular weight is 246 g/mol. The standard InChI is InChI=1S/C11H18O6/c1-3-14-9(13)4-11(2)16-6-8-10(17-11)7(12)5-15-8/h7-8,10,12H,3-6H2,1-2H3/t7-,8+,10+,11-/m1/s1. The first-order chi connectivity index (χ1) is 8.04. The van der Waals surface area contributed by atoms with Gasteiger partial charge < -0.3 is 24.1 Å². The number of rotatable bonds is 3. The molecular formula is C11H18O6. The zero-order valence-electron chi connectivity index (χ0n) is 10.0. The van der Waals surface area contributed by atoms with Crippen molar-refractivity contribution in [2.75, 3.05) is 19.8 Å². The SMILES string of the molecule is CCOC(=O)C[C@]1(C)OC[C@@H]2OC[C@@H](O)[C@@H]2O1. The number of aliphatic hydroxyl groups excluding tert-OH is 1. The van der Waals surface area contributed by atoms with Crippen molar-refractivity contribution >= 4 is 5.97 Å². The van der Waals surface area contributed by atoms with Crippen LogP contribution in [0.15, 0.2) is 0 Å². The zero-order chi connectivity index (χ0) is 12.5. The first-order valence-corrected chi connectivity index (χ1v) is 5.81. The van der Waals surface area contributed by atoms with Crippen molar-refractivity contribution in [2.45, 2.75) is 44.4 Å². The van der Waals surface area contributed by atoms with E-state index < -0.39 is 18.0 Å². The maximum absolute atomic E-state index is 11.4. The quantitative estimate of drug-likeness (QED) is 0.697. The van der Waals surface area contributed by atoms with Gasteiger partial charge in [-0.1, -0.05) is 0 Å². The van der Waals surface area contributed by atoms with Crippen molar-refractivity contribution in [2.24, 2.45) is 0 Å². The predicted octanol–water partition coefficient (Wildman–Crippen LogP) is -0.169. The van der Waals surface area contributed by atoms with Gasteiger partial charge in [-0.3, -0.25) is 4.79 Å². The molecule has 0 aromatic rings. The molecule has 6 nitrogen and oxygen atoms in total. The number of ether oxygens (including phenoxy) is 4. The van der Waals surface area contributed by atoms with Crippen molar-refractivity contribution in [3.63, 3.8) is 0 Å². The van der Waals surface area contributed by atoms with E-state index in [1.54, 1.807) is 13.8 Å². The van der Waals surface area contributed by atoms with Gasteiger partial charge in [0.15, 0.2) is 5.79 Å². The Morgan fingerprint density at radius 1 is 1.53 bits per heavy atom. The average Bonchev–Trinajstić information content (AvgIpc) is 2.60. The van der Waals surface area contributed by atoms with E-state index in [9.17, 15) is 9.90 Å². The van der Waals surface area contributed by atoms with E-state index in [4.69, 9.17) is 18.9 Å². The Balaban J connectivity index is 1.95. The van der Waals surface area contributed by atoms with Crippen LogP contribution >= 0.6 is 0 Å². The number of fused-ring (bicyclic) bond motifs is 1. The summed E-state index contributed by atoms with van der Waals surface area (Å²) in [5.41, 5.74) is 0. The van der Waals surface area contributed by atoms with Gasteiger partial charge in [-0.05, 0) is 13.8 Å². The molecule has 2 rings (SSSR count). The Morgan fingerprint density at radius 2 is 2.29 bits per heavy atom. The fraction of sp³-hybridized carbons (Fsp3) is 0.909. The van der Waals surface area contributed by atoms with Crippen LogP contribution < -0.4 is 0 Å². The maximum atomic E-state index is 11.4. The van der Waals surface area contributed by atoms with Crippen molar-refractivity contribution in [3.8, 4) is 0 Å². The zero-order valence-corrected chi connectivity index (χ0v) is 10.0. The summed E-state index contributed by atoms with van der Waals surface area (Å²) in [6.07, 6.45) is -1.33. The normalized spacial score (nSPS) is 41.0. The van der Waals surface area contributed by atoms with E-state index in [0.717, 1.165) is 0 Å². The molecule has 4 atom stereocenters. The molecule has 17 heavy (non-hydrogen) atoms. The molecule has 2 heterocycles. The van der Waals surface area contributed by atoms with E-state index in [2.05, 4.69) is 0 Å². The molecule has 2 fully saturated rings. The molecule has 2 aliphatic heterocycles. The highest BCUT2D eigenvalue weighted by Gasteiger charge is 2.48. The topological polar surface area (TPSA) is 74.2 Å². The molecule has 2 aliphatic rings. The lowest BCUT2D eigenvalue weighted by Gasteiger charge is -2.39. The van der Waals surface area contributed by atoms with E-state index in [0.29, 0.717) is 13.2 Å². The summed E-state index contributed by atoms with van der Waals surface area (Å²) in [5.74, 6) is -1.41. The van der Waals surface area contributed by atoms with E-state index in [1.807, 2.05) is 0 Å². The highest BCUT2D eigenvalue weighted by atomic mass is 16.7. The van der Waals surface area contributed by atoms with Gasteiger partial charge in [-0.25, -0.2) is 0 Å². The fourth-order valence-electron chi connectivity index (χ4n) is 2.10. The third-order valence-corrected chi connectivity index (χ3v) is 2.94. The lowest BCUT2D eigenvalue weighted by Crippen LogP contribution is -2.52. The molecule has 2 saturated heterocycles. The first kappa shape index (κ1) is 12.8. The molecule has 0 unspecified atom stereocenters. The van der Waals surface area contributed by atoms with E-state index in [-0.39, 0.29) is 25.1 Å². The van der Waals surface area contributed by atoms with Gasteiger partial charge in [0.1, 0.15) is 18.3 Å². The van der Waals surface area contributed by atoms with Gasteiger partial charge in [0.2, 0.25) is 0 Å². The van der Waals surface area contributed by atoms with Crippen LogP contribution in [0.5, 0.6) is 0 Å². The van der Waals surface area contributed by atoms with Gasteiger partial charge in [0.25, 0.3) is 0 Å². The molecule has 0 aliphatic carbocycles. The summed E-state index contributed by atoms with van der Waals surface area (Å²) in [6, 6.07) is 0. The molecule has 6 heteroatoms. The minimum absolute atomic E-state index is 0.0107. The number of hydrogen-bond donors (Lipinski definition) is 1. The molecule has 0 saturated carbocycles. The third kappa shape index (κ3) is 2.77. The maximum Gasteiger partial charge on any atom is 0.311 e. The Kier molecular flexibility index (Phi) is 3.67. The Morgan fingerprint density at radius 3 is 3.00 bits per heavy atom. The summed E-state index contributed by atoms with van der Waals surface area (Å²) in [6.45, 7) is 4.30. The van der Waals surface area contributed by atoms with Crippen molar-refractivity contribution < 1.29 is 28.8 Å². The Hall–Kier alpha value is -0.690. The molecule has 0 bridgehead atoms. The minimum atomic E-state index is -1.04. The Bertz CT molecular complexity index is 294.